The van der Waals surface area contributed by atoms with E-state index in [1.165, 1.54) is 4.90 Å². The number of rotatable bonds is 10. The van der Waals surface area contributed by atoms with Gasteiger partial charge in [-0.2, -0.15) is 0 Å². The van der Waals surface area contributed by atoms with Crippen LogP contribution < -0.4 is 14.4 Å². The molecule has 1 atom stereocenters. The second kappa shape index (κ2) is 11.2. The quantitative estimate of drug-likeness (QED) is 0.464. The summed E-state index contributed by atoms with van der Waals surface area (Å²) in [5.74, 6) is -0.133. The van der Waals surface area contributed by atoms with Gasteiger partial charge in [-0.05, 0) is 43.0 Å². The zero-order valence-electron chi connectivity index (χ0n) is 20.4. The molecule has 2 amide bonds. The van der Waals surface area contributed by atoms with Gasteiger partial charge in [0.1, 0.15) is 18.3 Å². The summed E-state index contributed by atoms with van der Waals surface area (Å²) >= 11 is 0. The molecular weight excluding hydrogens is 466 g/mol. The first-order chi connectivity index (χ1) is 16.7. The van der Waals surface area contributed by atoms with Gasteiger partial charge in [0, 0.05) is 18.5 Å². The molecule has 186 valence electrons. The van der Waals surface area contributed by atoms with Gasteiger partial charge >= 0.3 is 0 Å². The van der Waals surface area contributed by atoms with Gasteiger partial charge < -0.3 is 15.0 Å². The maximum atomic E-state index is 13.6. The molecule has 0 saturated carbocycles. The Hall–Kier alpha value is -3.59. The lowest BCUT2D eigenvalue weighted by Gasteiger charge is -2.31. The Kier molecular flexibility index (Phi) is 8.34. The van der Waals surface area contributed by atoms with Gasteiger partial charge in [-0.3, -0.25) is 13.9 Å². The monoisotopic (exact) mass is 497 g/mol. The Labute approximate surface area is 206 Å². The molecule has 35 heavy (non-hydrogen) atoms. The van der Waals surface area contributed by atoms with E-state index in [9.17, 15) is 18.0 Å². The number of fused-ring (bicyclic) bond motifs is 1. The molecule has 3 rings (SSSR count). The van der Waals surface area contributed by atoms with Crippen LogP contribution in [0.2, 0.25) is 0 Å². The lowest BCUT2D eigenvalue weighted by molar-refractivity contribution is -0.139. The van der Waals surface area contributed by atoms with Crippen LogP contribution in [-0.2, 0) is 26.2 Å². The average Bonchev–Trinajstić information content (AvgIpc) is 2.85. The number of hydrogen-bond donors (Lipinski definition) is 1. The van der Waals surface area contributed by atoms with E-state index in [-0.39, 0.29) is 12.5 Å². The topological polar surface area (TPSA) is 96.0 Å². The highest BCUT2D eigenvalue weighted by atomic mass is 32.2. The first kappa shape index (κ1) is 26.0. The first-order valence-corrected chi connectivity index (χ1v) is 13.2. The fourth-order valence-corrected chi connectivity index (χ4v) is 4.71. The fraction of sp³-hybridized carbons (Fsp3) is 0.308. The second-order valence-electron chi connectivity index (χ2n) is 8.21. The van der Waals surface area contributed by atoms with Gasteiger partial charge in [0.15, 0.2) is 0 Å². The lowest BCUT2D eigenvalue weighted by Crippen LogP contribution is -2.51. The molecule has 0 bridgehead atoms. The smallest absolute Gasteiger partial charge is 0.244 e. The first-order valence-electron chi connectivity index (χ1n) is 11.3. The summed E-state index contributed by atoms with van der Waals surface area (Å²) in [5.41, 5.74) is 1.19. The van der Waals surface area contributed by atoms with Crippen molar-refractivity contribution < 1.29 is 22.7 Å². The maximum Gasteiger partial charge on any atom is 0.244 e. The summed E-state index contributed by atoms with van der Waals surface area (Å²) in [6.45, 7) is 3.54. The van der Waals surface area contributed by atoms with Gasteiger partial charge in [-0.25, -0.2) is 8.42 Å². The minimum Gasteiger partial charge on any atom is -0.497 e. The molecule has 0 fully saturated rings. The molecule has 3 aromatic rings. The van der Waals surface area contributed by atoms with E-state index < -0.39 is 28.5 Å². The standard InChI is InChI=1S/C26H31N3O5S/c1-5-27-26(31)19(2)28(17-20-13-15-22(34-3)16-14-20)25(30)18-29(35(4,32)33)24-12-8-10-21-9-6-7-11-23(21)24/h6-16,19H,5,17-18H2,1-4H3,(H,27,31)/t19-/m0/s1. The maximum absolute atomic E-state index is 13.6. The third-order valence-electron chi connectivity index (χ3n) is 5.74. The second-order valence-corrected chi connectivity index (χ2v) is 10.1. The van der Waals surface area contributed by atoms with Crippen LogP contribution >= 0.6 is 0 Å². The van der Waals surface area contributed by atoms with Crippen LogP contribution in [0.1, 0.15) is 19.4 Å². The summed E-state index contributed by atoms with van der Waals surface area (Å²) in [4.78, 5) is 27.7. The minimum atomic E-state index is -3.81. The van der Waals surface area contributed by atoms with E-state index in [1.807, 2.05) is 42.5 Å². The van der Waals surface area contributed by atoms with Gasteiger partial charge in [0.2, 0.25) is 21.8 Å². The number of anilines is 1. The molecule has 9 heteroatoms. The molecule has 8 nitrogen and oxygen atoms in total. The molecule has 0 spiro atoms. The minimum absolute atomic E-state index is 0.133. The molecule has 0 aliphatic carbocycles. The van der Waals surface area contributed by atoms with E-state index in [0.717, 1.165) is 21.5 Å². The predicted octanol–water partition coefficient (Wildman–Crippen LogP) is 3.17. The SMILES string of the molecule is CCNC(=O)[C@H](C)N(Cc1ccc(OC)cc1)C(=O)CN(c1cccc2ccccc12)S(C)(=O)=O. The van der Waals surface area contributed by atoms with Crippen LogP contribution in [0.5, 0.6) is 5.75 Å². The summed E-state index contributed by atoms with van der Waals surface area (Å²) < 4.78 is 32.0. The van der Waals surface area contributed by atoms with E-state index in [2.05, 4.69) is 5.32 Å². The van der Waals surface area contributed by atoms with Gasteiger partial charge in [0.25, 0.3) is 0 Å². The molecular formula is C26H31N3O5S. The number of methoxy groups -OCH3 is 1. The van der Waals surface area contributed by atoms with Crippen LogP contribution in [0.4, 0.5) is 5.69 Å². The number of amides is 2. The fourth-order valence-electron chi connectivity index (χ4n) is 3.85. The van der Waals surface area contributed by atoms with Crippen LogP contribution in [0.15, 0.2) is 66.7 Å². The predicted molar refractivity (Wildman–Crippen MR) is 138 cm³/mol. The Balaban J connectivity index is 1.98. The number of sulfonamides is 1. The number of nitrogens with zero attached hydrogens (tertiary/aromatic N) is 2. The zero-order valence-corrected chi connectivity index (χ0v) is 21.2. The molecule has 0 radical (unpaired) electrons. The molecule has 0 heterocycles. The number of benzene rings is 3. The van der Waals surface area contributed by atoms with Gasteiger partial charge in [0.05, 0.1) is 19.1 Å². The van der Waals surface area contributed by atoms with Crippen molar-refractivity contribution >= 4 is 38.3 Å². The van der Waals surface area contributed by atoms with Gasteiger partial charge in [-0.1, -0.05) is 48.5 Å². The van der Waals surface area contributed by atoms with Crippen molar-refractivity contribution in [3.63, 3.8) is 0 Å². The highest BCUT2D eigenvalue weighted by Crippen LogP contribution is 2.28. The van der Waals surface area contributed by atoms with Crippen molar-refractivity contribution in [2.75, 3.05) is 30.8 Å². The number of ether oxygens (including phenoxy) is 1. The molecule has 0 saturated heterocycles. The van der Waals surface area contributed by atoms with E-state index in [1.54, 1.807) is 45.2 Å². The summed E-state index contributed by atoms with van der Waals surface area (Å²) in [6, 6.07) is 19.1. The number of carbonyl (C=O) groups is 2. The normalized spacial score (nSPS) is 12.1. The van der Waals surface area contributed by atoms with Crippen molar-refractivity contribution in [3.05, 3.63) is 72.3 Å². The molecule has 3 aromatic carbocycles. The zero-order chi connectivity index (χ0) is 25.6. The van der Waals surface area contributed by atoms with Crippen molar-refractivity contribution in [2.24, 2.45) is 0 Å². The Morgan fingerprint density at radius 3 is 2.29 bits per heavy atom. The summed E-state index contributed by atoms with van der Waals surface area (Å²) in [5, 5.41) is 4.31. The van der Waals surface area contributed by atoms with Crippen molar-refractivity contribution in [2.45, 2.75) is 26.4 Å². The number of hydrogen-bond acceptors (Lipinski definition) is 5. The van der Waals surface area contributed by atoms with Crippen molar-refractivity contribution in [3.8, 4) is 5.75 Å². The third-order valence-corrected chi connectivity index (χ3v) is 6.87. The highest BCUT2D eigenvalue weighted by Gasteiger charge is 2.30. The Morgan fingerprint density at radius 2 is 1.66 bits per heavy atom. The van der Waals surface area contributed by atoms with Crippen molar-refractivity contribution in [1.82, 2.24) is 10.2 Å². The van der Waals surface area contributed by atoms with E-state index in [0.29, 0.717) is 23.4 Å². The third kappa shape index (κ3) is 6.30. The Bertz CT molecular complexity index is 1290. The number of carbonyl (C=O) groups excluding carboxylic acids is 2. The van der Waals surface area contributed by atoms with Crippen LogP contribution in [0.25, 0.3) is 10.8 Å². The van der Waals surface area contributed by atoms with E-state index in [4.69, 9.17) is 4.74 Å². The van der Waals surface area contributed by atoms with Crippen LogP contribution in [0.3, 0.4) is 0 Å². The number of likely N-dealkylation sites (N-methyl/N-ethyl adjacent to an activating group) is 1. The largest absolute Gasteiger partial charge is 0.497 e. The van der Waals surface area contributed by atoms with Crippen LogP contribution in [-0.4, -0.2) is 57.6 Å². The molecule has 1 N–H and O–H groups in total. The molecule has 0 aromatic heterocycles. The van der Waals surface area contributed by atoms with Crippen LogP contribution in [0, 0.1) is 0 Å². The molecule has 0 aliphatic heterocycles. The molecule has 0 unspecified atom stereocenters. The number of nitrogens with one attached hydrogen (secondary N) is 1. The van der Waals surface area contributed by atoms with Gasteiger partial charge in [-0.15, -0.1) is 0 Å². The average molecular weight is 498 g/mol. The summed E-state index contributed by atoms with van der Waals surface area (Å²) in [7, 11) is -2.24. The molecule has 0 aliphatic rings. The highest BCUT2D eigenvalue weighted by molar-refractivity contribution is 7.92. The Morgan fingerprint density at radius 1 is 1.00 bits per heavy atom. The summed E-state index contributed by atoms with van der Waals surface area (Å²) in [6.07, 6.45) is 1.07. The van der Waals surface area contributed by atoms with E-state index >= 15 is 0 Å². The van der Waals surface area contributed by atoms with Crippen molar-refractivity contribution in [1.29, 1.82) is 0 Å². The lowest BCUT2D eigenvalue weighted by atomic mass is 10.1.